The van der Waals surface area contributed by atoms with Gasteiger partial charge in [0, 0.05) is 17.7 Å². The maximum atomic E-state index is 13.3. The molecule has 1 aliphatic heterocycles. The van der Waals surface area contributed by atoms with Gasteiger partial charge in [-0.15, -0.1) is 0 Å². The Balaban J connectivity index is 1.96. The van der Waals surface area contributed by atoms with Crippen LogP contribution >= 0.6 is 0 Å². The summed E-state index contributed by atoms with van der Waals surface area (Å²) in [5.74, 6) is 0.794. The first-order valence-corrected chi connectivity index (χ1v) is 6.77. The number of hydrogen-bond acceptors (Lipinski definition) is 4. The summed E-state index contributed by atoms with van der Waals surface area (Å²) in [6.07, 6.45) is -0.207. The van der Waals surface area contributed by atoms with Gasteiger partial charge in [-0.05, 0) is 35.9 Å². The minimum absolute atomic E-state index is 0.337. The Bertz CT molecular complexity index is 660. The number of anilines is 1. The van der Waals surface area contributed by atoms with Gasteiger partial charge >= 0.3 is 0 Å². The van der Waals surface area contributed by atoms with E-state index in [4.69, 9.17) is 15.2 Å². The van der Waals surface area contributed by atoms with E-state index in [0.717, 1.165) is 6.42 Å². The van der Waals surface area contributed by atoms with Crippen molar-refractivity contribution < 1.29 is 19.0 Å². The summed E-state index contributed by atoms with van der Waals surface area (Å²) in [7, 11) is 0. The third-order valence-corrected chi connectivity index (χ3v) is 3.43. The third-order valence-electron chi connectivity index (χ3n) is 3.43. The highest BCUT2D eigenvalue weighted by atomic mass is 19.1. The van der Waals surface area contributed by atoms with Crippen LogP contribution in [0.1, 0.15) is 23.7 Å². The van der Waals surface area contributed by atoms with Gasteiger partial charge in [-0.3, -0.25) is 0 Å². The Kier molecular flexibility index (Phi) is 3.66. The highest BCUT2D eigenvalue weighted by Crippen LogP contribution is 2.35. The highest BCUT2D eigenvalue weighted by Gasteiger charge is 2.18. The molecule has 1 aliphatic rings. The van der Waals surface area contributed by atoms with Gasteiger partial charge < -0.3 is 20.3 Å². The van der Waals surface area contributed by atoms with E-state index in [1.54, 1.807) is 18.2 Å². The fourth-order valence-corrected chi connectivity index (χ4v) is 2.31. The number of fused-ring (bicyclic) bond motifs is 1. The van der Waals surface area contributed by atoms with Gasteiger partial charge in [0.15, 0.2) is 11.5 Å². The highest BCUT2D eigenvalue weighted by molar-refractivity contribution is 5.52. The molecule has 0 spiro atoms. The van der Waals surface area contributed by atoms with Gasteiger partial charge in [-0.25, -0.2) is 4.39 Å². The number of nitrogens with two attached hydrogens (primary N) is 1. The number of nitrogen functional groups attached to an aromatic ring is 1. The molecule has 0 amide bonds. The predicted molar refractivity (Wildman–Crippen MR) is 76.9 cm³/mol. The maximum absolute atomic E-state index is 13.3. The third kappa shape index (κ3) is 2.78. The smallest absolute Gasteiger partial charge is 0.161 e. The molecule has 0 radical (unpaired) electrons. The van der Waals surface area contributed by atoms with E-state index in [1.807, 2.05) is 0 Å². The minimum Gasteiger partial charge on any atom is -0.490 e. The Hall–Kier alpha value is -2.27. The quantitative estimate of drug-likeness (QED) is 0.834. The normalized spacial score (nSPS) is 15.3. The predicted octanol–water partition coefficient (Wildman–Crippen LogP) is 2.65. The van der Waals surface area contributed by atoms with Gasteiger partial charge in [0.25, 0.3) is 0 Å². The van der Waals surface area contributed by atoms with Crippen LogP contribution < -0.4 is 15.2 Å². The molecule has 1 heterocycles. The molecule has 0 bridgehead atoms. The van der Waals surface area contributed by atoms with Crippen LogP contribution in [-0.4, -0.2) is 18.3 Å². The van der Waals surface area contributed by atoms with E-state index in [-0.39, 0.29) is 0 Å². The number of benzene rings is 2. The number of aliphatic hydroxyl groups is 1. The van der Waals surface area contributed by atoms with Crippen LogP contribution in [0, 0.1) is 5.82 Å². The number of halogens is 1. The second kappa shape index (κ2) is 5.61. The Morgan fingerprint density at radius 3 is 2.62 bits per heavy atom. The molecule has 4 nitrogen and oxygen atoms in total. The molecule has 2 aromatic carbocycles. The van der Waals surface area contributed by atoms with Crippen molar-refractivity contribution in [1.82, 2.24) is 0 Å². The zero-order valence-corrected chi connectivity index (χ0v) is 11.4. The maximum Gasteiger partial charge on any atom is 0.161 e. The van der Waals surface area contributed by atoms with E-state index >= 15 is 0 Å². The van der Waals surface area contributed by atoms with Gasteiger partial charge in [0.2, 0.25) is 0 Å². The van der Waals surface area contributed by atoms with Crippen molar-refractivity contribution in [2.45, 2.75) is 12.5 Å². The molecule has 2 aromatic rings. The molecule has 0 saturated heterocycles. The van der Waals surface area contributed by atoms with Gasteiger partial charge in [-0.1, -0.05) is 6.07 Å². The zero-order chi connectivity index (χ0) is 14.8. The van der Waals surface area contributed by atoms with E-state index < -0.39 is 11.9 Å². The van der Waals surface area contributed by atoms with Crippen LogP contribution in [0.25, 0.3) is 0 Å². The van der Waals surface area contributed by atoms with Crippen molar-refractivity contribution in [1.29, 1.82) is 0 Å². The van der Waals surface area contributed by atoms with E-state index in [0.29, 0.717) is 41.5 Å². The summed E-state index contributed by atoms with van der Waals surface area (Å²) in [5, 5.41) is 10.4. The van der Waals surface area contributed by atoms with E-state index in [2.05, 4.69) is 0 Å². The second-order valence-electron chi connectivity index (χ2n) is 4.93. The van der Waals surface area contributed by atoms with Gasteiger partial charge in [-0.2, -0.15) is 0 Å². The van der Waals surface area contributed by atoms with Crippen molar-refractivity contribution in [2.75, 3.05) is 18.9 Å². The second-order valence-corrected chi connectivity index (χ2v) is 4.93. The molecule has 0 fully saturated rings. The summed E-state index contributed by atoms with van der Waals surface area (Å²) in [6, 6.07) is 9.12. The van der Waals surface area contributed by atoms with E-state index in [1.165, 1.54) is 18.2 Å². The molecule has 21 heavy (non-hydrogen) atoms. The van der Waals surface area contributed by atoms with Crippen LogP contribution in [0.15, 0.2) is 36.4 Å². The molecule has 3 rings (SSSR count). The first-order chi connectivity index (χ1) is 10.1. The standard InChI is InChI=1S/C16H16FNO3/c17-11-3-4-13(18)12(9-11)16(19)10-2-5-14-15(8-10)21-7-1-6-20-14/h2-5,8-9,16,19H,1,6-7,18H2. The molecule has 0 saturated carbocycles. The van der Waals surface area contributed by atoms with Crippen LogP contribution in [0.3, 0.4) is 0 Å². The average Bonchev–Trinajstić information content (AvgIpc) is 2.73. The lowest BCUT2D eigenvalue weighted by Crippen LogP contribution is -2.05. The molecule has 0 aromatic heterocycles. The van der Waals surface area contributed by atoms with Crippen LogP contribution in [0.4, 0.5) is 10.1 Å². The fourth-order valence-electron chi connectivity index (χ4n) is 2.31. The monoisotopic (exact) mass is 289 g/mol. The molecule has 1 atom stereocenters. The molecule has 0 aliphatic carbocycles. The van der Waals surface area contributed by atoms with Crippen LogP contribution in [0.5, 0.6) is 11.5 Å². The van der Waals surface area contributed by atoms with Gasteiger partial charge in [0.05, 0.1) is 13.2 Å². The van der Waals surface area contributed by atoms with Crippen molar-refractivity contribution in [3.8, 4) is 11.5 Å². The zero-order valence-electron chi connectivity index (χ0n) is 11.4. The number of rotatable bonds is 2. The lowest BCUT2D eigenvalue weighted by Gasteiger charge is -2.16. The van der Waals surface area contributed by atoms with Crippen LogP contribution in [-0.2, 0) is 0 Å². The first-order valence-electron chi connectivity index (χ1n) is 6.77. The van der Waals surface area contributed by atoms with Crippen LogP contribution in [0.2, 0.25) is 0 Å². The molecular formula is C16H16FNO3. The SMILES string of the molecule is Nc1ccc(F)cc1C(O)c1ccc2c(c1)OCCCO2. The summed E-state index contributed by atoms with van der Waals surface area (Å²) in [6.45, 7) is 1.17. The van der Waals surface area contributed by atoms with Crippen molar-refractivity contribution in [2.24, 2.45) is 0 Å². The Morgan fingerprint density at radius 2 is 1.81 bits per heavy atom. The Morgan fingerprint density at radius 1 is 1.05 bits per heavy atom. The molecule has 3 N–H and O–H groups in total. The first kappa shape index (κ1) is 13.7. The number of ether oxygens (including phenoxy) is 2. The van der Waals surface area contributed by atoms with Crippen molar-refractivity contribution in [3.63, 3.8) is 0 Å². The van der Waals surface area contributed by atoms with Crippen molar-refractivity contribution >= 4 is 5.69 Å². The minimum atomic E-state index is -1.02. The number of hydrogen-bond donors (Lipinski definition) is 2. The average molecular weight is 289 g/mol. The fraction of sp³-hybridized carbons (Fsp3) is 0.250. The summed E-state index contributed by atoms with van der Waals surface area (Å²) in [4.78, 5) is 0. The largest absolute Gasteiger partial charge is 0.490 e. The lowest BCUT2D eigenvalue weighted by molar-refractivity contribution is 0.219. The van der Waals surface area contributed by atoms with Gasteiger partial charge in [0.1, 0.15) is 11.9 Å². The molecule has 5 heteroatoms. The molecular weight excluding hydrogens is 273 g/mol. The van der Waals surface area contributed by atoms with E-state index in [9.17, 15) is 9.50 Å². The number of aliphatic hydroxyl groups excluding tert-OH is 1. The molecule has 110 valence electrons. The molecule has 1 unspecified atom stereocenters. The summed E-state index contributed by atoms with van der Waals surface area (Å²) in [5.41, 5.74) is 7.07. The Labute approximate surface area is 121 Å². The van der Waals surface area contributed by atoms with Crippen molar-refractivity contribution in [3.05, 3.63) is 53.3 Å². The summed E-state index contributed by atoms with van der Waals surface area (Å²) < 4.78 is 24.5. The topological polar surface area (TPSA) is 64.7 Å². The summed E-state index contributed by atoms with van der Waals surface area (Å²) >= 11 is 0. The lowest BCUT2D eigenvalue weighted by atomic mass is 9.99.